The van der Waals surface area contributed by atoms with Gasteiger partial charge in [0, 0.05) is 31.7 Å². The van der Waals surface area contributed by atoms with Crippen LogP contribution in [0.25, 0.3) is 0 Å². The topological polar surface area (TPSA) is 15.3 Å². The van der Waals surface area contributed by atoms with Gasteiger partial charge in [-0.2, -0.15) is 0 Å². The van der Waals surface area contributed by atoms with Gasteiger partial charge in [0.1, 0.15) is 0 Å². The van der Waals surface area contributed by atoms with Gasteiger partial charge in [-0.1, -0.05) is 13.3 Å². The highest BCUT2D eigenvalue weighted by Crippen LogP contribution is 2.40. The van der Waals surface area contributed by atoms with Crippen LogP contribution in [0, 0.1) is 11.8 Å². The summed E-state index contributed by atoms with van der Waals surface area (Å²) in [6.07, 6.45) is 5.83. The summed E-state index contributed by atoms with van der Waals surface area (Å²) in [6.45, 7) is 6.20. The van der Waals surface area contributed by atoms with E-state index in [0.717, 1.165) is 23.9 Å². The number of piperazine rings is 1. The lowest BCUT2D eigenvalue weighted by Crippen LogP contribution is -2.52. The molecule has 3 atom stereocenters. The Bertz CT molecular complexity index is 212. The molecule has 1 aliphatic heterocycles. The SMILES string of the molecule is CCC1CC1N1CCNC(C2CC2)C1. The Kier molecular flexibility index (Phi) is 2.29. The van der Waals surface area contributed by atoms with Crippen LogP contribution in [0.5, 0.6) is 0 Å². The van der Waals surface area contributed by atoms with Gasteiger partial charge in [0.2, 0.25) is 0 Å². The molecule has 0 aromatic heterocycles. The standard InChI is InChI=1S/C12H22N2/c1-2-9-7-12(9)14-6-5-13-11(8-14)10-3-4-10/h9-13H,2-8H2,1H3. The zero-order chi connectivity index (χ0) is 9.54. The van der Waals surface area contributed by atoms with E-state index in [4.69, 9.17) is 0 Å². The Labute approximate surface area is 87.0 Å². The van der Waals surface area contributed by atoms with Crippen molar-refractivity contribution in [1.82, 2.24) is 10.2 Å². The van der Waals surface area contributed by atoms with Gasteiger partial charge in [0.05, 0.1) is 0 Å². The first-order chi connectivity index (χ1) is 6.88. The van der Waals surface area contributed by atoms with E-state index in [0.29, 0.717) is 0 Å². The van der Waals surface area contributed by atoms with E-state index in [2.05, 4.69) is 17.1 Å². The Balaban J connectivity index is 1.54. The first kappa shape index (κ1) is 9.17. The minimum Gasteiger partial charge on any atom is -0.311 e. The molecular formula is C12H22N2. The highest BCUT2D eigenvalue weighted by molar-refractivity contribution is 4.99. The average Bonchev–Trinajstić information content (AvgIpc) is 3.11. The Morgan fingerprint density at radius 1 is 1.36 bits per heavy atom. The second kappa shape index (κ2) is 3.49. The zero-order valence-corrected chi connectivity index (χ0v) is 9.21. The summed E-state index contributed by atoms with van der Waals surface area (Å²) >= 11 is 0. The van der Waals surface area contributed by atoms with Gasteiger partial charge in [0.15, 0.2) is 0 Å². The van der Waals surface area contributed by atoms with Gasteiger partial charge in [-0.15, -0.1) is 0 Å². The summed E-state index contributed by atoms with van der Waals surface area (Å²) in [7, 11) is 0. The summed E-state index contributed by atoms with van der Waals surface area (Å²) in [5.41, 5.74) is 0. The van der Waals surface area contributed by atoms with Crippen LogP contribution in [0.1, 0.15) is 32.6 Å². The molecule has 1 saturated heterocycles. The molecule has 3 unspecified atom stereocenters. The lowest BCUT2D eigenvalue weighted by Gasteiger charge is -2.34. The molecular weight excluding hydrogens is 172 g/mol. The molecule has 3 rings (SSSR count). The molecule has 2 aliphatic carbocycles. The molecule has 1 N–H and O–H groups in total. The maximum atomic E-state index is 3.68. The van der Waals surface area contributed by atoms with Gasteiger partial charge < -0.3 is 5.32 Å². The van der Waals surface area contributed by atoms with Crippen molar-refractivity contribution < 1.29 is 0 Å². The molecule has 2 heteroatoms. The van der Waals surface area contributed by atoms with Crippen molar-refractivity contribution in [3.63, 3.8) is 0 Å². The van der Waals surface area contributed by atoms with Crippen molar-refractivity contribution in [2.75, 3.05) is 19.6 Å². The fraction of sp³-hybridized carbons (Fsp3) is 1.00. The second-order valence-electron chi connectivity index (χ2n) is 5.36. The van der Waals surface area contributed by atoms with Gasteiger partial charge in [0.25, 0.3) is 0 Å². The normalized spacial score (nSPS) is 43.9. The largest absolute Gasteiger partial charge is 0.311 e. The van der Waals surface area contributed by atoms with E-state index in [1.54, 1.807) is 0 Å². The summed E-state index contributed by atoms with van der Waals surface area (Å²) < 4.78 is 0. The van der Waals surface area contributed by atoms with Crippen LogP contribution in [0.15, 0.2) is 0 Å². The highest BCUT2D eigenvalue weighted by atomic mass is 15.3. The van der Waals surface area contributed by atoms with E-state index < -0.39 is 0 Å². The Morgan fingerprint density at radius 3 is 2.86 bits per heavy atom. The molecule has 2 saturated carbocycles. The smallest absolute Gasteiger partial charge is 0.0223 e. The summed E-state index contributed by atoms with van der Waals surface area (Å²) in [5.74, 6) is 2.06. The molecule has 80 valence electrons. The minimum absolute atomic E-state index is 0.835. The van der Waals surface area contributed by atoms with Gasteiger partial charge in [-0.05, 0) is 31.1 Å². The van der Waals surface area contributed by atoms with Crippen LogP contribution in [0.2, 0.25) is 0 Å². The quantitative estimate of drug-likeness (QED) is 0.732. The van der Waals surface area contributed by atoms with Crippen molar-refractivity contribution in [3.05, 3.63) is 0 Å². The molecule has 0 aromatic carbocycles. The molecule has 0 radical (unpaired) electrons. The Hall–Kier alpha value is -0.0800. The monoisotopic (exact) mass is 194 g/mol. The van der Waals surface area contributed by atoms with E-state index in [1.165, 1.54) is 45.3 Å². The summed E-state index contributed by atoms with van der Waals surface area (Å²) in [4.78, 5) is 2.76. The lowest BCUT2D eigenvalue weighted by molar-refractivity contribution is 0.173. The third-order valence-electron chi connectivity index (χ3n) is 4.31. The van der Waals surface area contributed by atoms with E-state index >= 15 is 0 Å². The van der Waals surface area contributed by atoms with E-state index in [1.807, 2.05) is 0 Å². The fourth-order valence-corrected chi connectivity index (χ4v) is 3.04. The summed E-state index contributed by atoms with van der Waals surface area (Å²) in [6, 6.07) is 1.80. The van der Waals surface area contributed by atoms with Crippen LogP contribution < -0.4 is 5.32 Å². The first-order valence-electron chi connectivity index (χ1n) is 6.36. The molecule has 3 fully saturated rings. The minimum atomic E-state index is 0.835. The van der Waals surface area contributed by atoms with Crippen LogP contribution in [-0.4, -0.2) is 36.6 Å². The first-order valence-corrected chi connectivity index (χ1v) is 6.36. The van der Waals surface area contributed by atoms with Crippen LogP contribution in [-0.2, 0) is 0 Å². The maximum absolute atomic E-state index is 3.68. The van der Waals surface area contributed by atoms with Crippen molar-refractivity contribution in [1.29, 1.82) is 0 Å². The second-order valence-corrected chi connectivity index (χ2v) is 5.36. The maximum Gasteiger partial charge on any atom is 0.0223 e. The summed E-state index contributed by atoms with van der Waals surface area (Å²) in [5, 5.41) is 3.68. The van der Waals surface area contributed by atoms with Crippen LogP contribution in [0.4, 0.5) is 0 Å². The van der Waals surface area contributed by atoms with E-state index in [-0.39, 0.29) is 0 Å². The third-order valence-corrected chi connectivity index (χ3v) is 4.31. The molecule has 0 amide bonds. The number of hydrogen-bond acceptors (Lipinski definition) is 2. The zero-order valence-electron chi connectivity index (χ0n) is 9.21. The third kappa shape index (κ3) is 1.70. The highest BCUT2D eigenvalue weighted by Gasteiger charge is 2.43. The molecule has 2 nitrogen and oxygen atoms in total. The van der Waals surface area contributed by atoms with Crippen molar-refractivity contribution >= 4 is 0 Å². The van der Waals surface area contributed by atoms with Crippen molar-refractivity contribution in [2.45, 2.75) is 44.7 Å². The van der Waals surface area contributed by atoms with Crippen LogP contribution >= 0.6 is 0 Å². The van der Waals surface area contributed by atoms with Crippen LogP contribution in [0.3, 0.4) is 0 Å². The molecule has 3 aliphatic rings. The van der Waals surface area contributed by atoms with Gasteiger partial charge in [-0.3, -0.25) is 4.90 Å². The molecule has 14 heavy (non-hydrogen) atoms. The number of nitrogens with one attached hydrogen (secondary N) is 1. The Morgan fingerprint density at radius 2 is 2.21 bits per heavy atom. The average molecular weight is 194 g/mol. The molecule has 1 heterocycles. The van der Waals surface area contributed by atoms with Crippen molar-refractivity contribution in [3.8, 4) is 0 Å². The number of hydrogen-bond donors (Lipinski definition) is 1. The molecule has 0 bridgehead atoms. The van der Waals surface area contributed by atoms with Gasteiger partial charge >= 0.3 is 0 Å². The predicted molar refractivity (Wildman–Crippen MR) is 58.3 cm³/mol. The van der Waals surface area contributed by atoms with Gasteiger partial charge in [-0.25, -0.2) is 0 Å². The van der Waals surface area contributed by atoms with Crippen molar-refractivity contribution in [2.24, 2.45) is 11.8 Å². The predicted octanol–water partition coefficient (Wildman–Crippen LogP) is 1.47. The molecule has 0 spiro atoms. The fourth-order valence-electron chi connectivity index (χ4n) is 3.04. The van der Waals surface area contributed by atoms with E-state index in [9.17, 15) is 0 Å². The lowest BCUT2D eigenvalue weighted by atomic mass is 10.1. The number of rotatable bonds is 3. The molecule has 0 aromatic rings. The number of nitrogens with zero attached hydrogens (tertiary/aromatic N) is 1.